The first-order valence-electron chi connectivity index (χ1n) is 13.5. The molecule has 0 spiro atoms. The zero-order valence-corrected chi connectivity index (χ0v) is 23.1. The molecule has 0 radical (unpaired) electrons. The molecule has 1 atom stereocenters. The summed E-state index contributed by atoms with van der Waals surface area (Å²) in [4.78, 5) is 5.08. The van der Waals surface area contributed by atoms with Gasteiger partial charge in [-0.3, -0.25) is 0 Å². The third kappa shape index (κ3) is 3.94. The average molecular weight is 514 g/mol. The number of ether oxygens (including phenoxy) is 1. The van der Waals surface area contributed by atoms with Gasteiger partial charge in [0, 0.05) is 5.41 Å². The van der Waals surface area contributed by atoms with Crippen LogP contribution in [0.1, 0.15) is 43.5 Å². The first-order chi connectivity index (χ1) is 18.5. The maximum Gasteiger partial charge on any atom is 0.189 e. The molecule has 38 heavy (non-hydrogen) atoms. The predicted molar refractivity (Wildman–Crippen MR) is 163 cm³/mol. The molecule has 2 heterocycles. The van der Waals surface area contributed by atoms with Crippen LogP contribution < -0.4 is 5.30 Å². The van der Waals surface area contributed by atoms with Crippen molar-refractivity contribution in [1.82, 2.24) is 0 Å². The predicted octanol–water partition coefficient (Wildman–Crippen LogP) is 9.00. The van der Waals surface area contributed by atoms with E-state index in [0.717, 1.165) is 18.2 Å². The highest BCUT2D eigenvalue weighted by Crippen LogP contribution is 2.53. The minimum absolute atomic E-state index is 0.0679. The van der Waals surface area contributed by atoms with Crippen LogP contribution in [0.5, 0.6) is 0 Å². The van der Waals surface area contributed by atoms with Gasteiger partial charge in [0.05, 0.1) is 0 Å². The Hall–Kier alpha value is -3.48. The Labute approximate surface area is 226 Å². The number of aliphatic imine (C=N–C) groups is 1. The van der Waals surface area contributed by atoms with Crippen molar-refractivity contribution >= 4 is 40.7 Å². The molecule has 0 unspecified atom stereocenters. The van der Waals surface area contributed by atoms with E-state index in [1.807, 2.05) is 0 Å². The van der Waals surface area contributed by atoms with Crippen molar-refractivity contribution in [3.05, 3.63) is 114 Å². The third-order valence-corrected chi connectivity index (χ3v) is 10.5. The van der Waals surface area contributed by atoms with Gasteiger partial charge >= 0.3 is 0 Å². The minimum atomic E-state index is -0.482. The molecule has 7 rings (SSSR count). The molecule has 0 saturated carbocycles. The highest BCUT2D eigenvalue weighted by atomic mass is 31.1. The van der Waals surface area contributed by atoms with Crippen LogP contribution in [0.3, 0.4) is 0 Å². The van der Waals surface area contributed by atoms with Gasteiger partial charge in [-0.1, -0.05) is 126 Å². The second kappa shape index (κ2) is 9.07. The number of benzene rings is 5. The summed E-state index contributed by atoms with van der Waals surface area (Å²) in [7, 11) is -0.482. The number of rotatable bonds is 2. The lowest BCUT2D eigenvalue weighted by Gasteiger charge is -2.22. The van der Waals surface area contributed by atoms with Crippen LogP contribution in [0.15, 0.2) is 102 Å². The fraction of sp³-hybridized carbons (Fsp3) is 0.229. The molecule has 0 aromatic heterocycles. The summed E-state index contributed by atoms with van der Waals surface area (Å²) in [5.41, 5.74) is 7.04. The van der Waals surface area contributed by atoms with Gasteiger partial charge in [-0.15, -0.1) is 0 Å². The van der Waals surface area contributed by atoms with Crippen LogP contribution in [-0.2, 0) is 17.1 Å². The van der Waals surface area contributed by atoms with Crippen LogP contribution in [0.25, 0.3) is 32.7 Å². The van der Waals surface area contributed by atoms with E-state index in [2.05, 4.69) is 118 Å². The summed E-state index contributed by atoms with van der Waals surface area (Å²) in [5, 5.41) is 6.80. The van der Waals surface area contributed by atoms with Gasteiger partial charge in [-0.25, -0.2) is 4.99 Å². The summed E-state index contributed by atoms with van der Waals surface area (Å²) in [6.07, 6.45) is 2.14. The molecule has 3 heteroatoms. The van der Waals surface area contributed by atoms with Crippen molar-refractivity contribution in [2.24, 2.45) is 10.4 Å². The van der Waals surface area contributed by atoms with Gasteiger partial charge in [0.25, 0.3) is 0 Å². The smallest absolute Gasteiger partial charge is 0.189 e. The number of hydrogen-bond acceptors (Lipinski definition) is 2. The highest BCUT2D eigenvalue weighted by molar-refractivity contribution is 7.64. The van der Waals surface area contributed by atoms with E-state index in [1.165, 1.54) is 54.7 Å². The van der Waals surface area contributed by atoms with E-state index >= 15 is 0 Å². The van der Waals surface area contributed by atoms with Crippen LogP contribution in [0.4, 0.5) is 0 Å². The molecular weight excluding hydrogens is 481 g/mol. The number of fused-ring (bicyclic) bond motifs is 7. The molecule has 2 nitrogen and oxygen atoms in total. The van der Waals surface area contributed by atoms with Crippen LogP contribution >= 0.6 is 7.92 Å². The average Bonchev–Trinajstić information content (AvgIpc) is 3.37. The van der Waals surface area contributed by atoms with Crippen LogP contribution in [0.2, 0.25) is 0 Å². The van der Waals surface area contributed by atoms with Gasteiger partial charge in [-0.05, 0) is 67.0 Å². The van der Waals surface area contributed by atoms with Gasteiger partial charge in [0.2, 0.25) is 0 Å². The summed E-state index contributed by atoms with van der Waals surface area (Å²) in [6.45, 7) is 7.17. The summed E-state index contributed by atoms with van der Waals surface area (Å²) < 4.78 is 6.12. The fourth-order valence-electron chi connectivity index (χ4n) is 6.13. The molecule has 0 aliphatic carbocycles. The maximum absolute atomic E-state index is 6.12. The molecule has 0 saturated heterocycles. The van der Waals surface area contributed by atoms with Crippen LogP contribution in [-0.4, -0.2) is 12.5 Å². The Morgan fingerprint density at radius 3 is 1.82 bits per heavy atom. The van der Waals surface area contributed by atoms with Gasteiger partial charge in [0.15, 0.2) is 5.90 Å². The van der Waals surface area contributed by atoms with Crippen molar-refractivity contribution < 1.29 is 4.74 Å². The zero-order chi connectivity index (χ0) is 25.9. The standard InChI is InChI=1S/C35H32NOP/c1-35(2,3)34-36-30(20-37-34)29-14-8-9-15-31(29)38-21-25-18-16-23-10-4-6-12-27(23)32(25)33-26(22-38)19-17-24-11-5-7-13-28(24)33/h4-19,30H,20-22H2,1-3H3/t30-/m1/s1. The van der Waals surface area contributed by atoms with Crippen LogP contribution in [0, 0.1) is 5.41 Å². The molecule has 5 aromatic carbocycles. The summed E-state index contributed by atoms with van der Waals surface area (Å²) >= 11 is 0. The van der Waals surface area contributed by atoms with Gasteiger partial charge in [0.1, 0.15) is 12.6 Å². The van der Waals surface area contributed by atoms with Crippen molar-refractivity contribution in [2.75, 3.05) is 6.61 Å². The number of hydrogen-bond donors (Lipinski definition) is 0. The van der Waals surface area contributed by atoms with E-state index < -0.39 is 7.92 Å². The Kier molecular flexibility index (Phi) is 5.64. The lowest BCUT2D eigenvalue weighted by molar-refractivity contribution is 0.283. The van der Waals surface area contributed by atoms with E-state index in [0.29, 0.717) is 6.61 Å². The quantitative estimate of drug-likeness (QED) is 0.216. The van der Waals surface area contributed by atoms with Crippen molar-refractivity contribution in [1.29, 1.82) is 0 Å². The van der Waals surface area contributed by atoms with Gasteiger partial charge in [-0.2, -0.15) is 0 Å². The van der Waals surface area contributed by atoms with E-state index in [1.54, 1.807) is 0 Å². The molecule has 0 bridgehead atoms. The molecule has 188 valence electrons. The zero-order valence-electron chi connectivity index (χ0n) is 22.2. The molecule has 2 aliphatic heterocycles. The van der Waals surface area contributed by atoms with E-state index in [9.17, 15) is 0 Å². The van der Waals surface area contributed by atoms with Crippen molar-refractivity contribution in [3.63, 3.8) is 0 Å². The summed E-state index contributed by atoms with van der Waals surface area (Å²) in [5.74, 6) is 0.875. The summed E-state index contributed by atoms with van der Waals surface area (Å²) in [6, 6.07) is 36.3. The Morgan fingerprint density at radius 2 is 1.24 bits per heavy atom. The van der Waals surface area contributed by atoms with E-state index in [4.69, 9.17) is 9.73 Å². The maximum atomic E-state index is 6.12. The van der Waals surface area contributed by atoms with Crippen molar-refractivity contribution in [3.8, 4) is 11.1 Å². The number of nitrogens with zero attached hydrogens (tertiary/aromatic N) is 1. The lowest BCUT2D eigenvalue weighted by atomic mass is 9.88. The minimum Gasteiger partial charge on any atom is -0.478 e. The van der Waals surface area contributed by atoms with E-state index in [-0.39, 0.29) is 11.5 Å². The second-order valence-electron chi connectivity index (χ2n) is 11.6. The monoisotopic (exact) mass is 513 g/mol. The molecule has 5 aromatic rings. The Bertz CT molecular complexity index is 1640. The largest absolute Gasteiger partial charge is 0.478 e. The topological polar surface area (TPSA) is 21.6 Å². The molecular formula is C35H32NOP. The highest BCUT2D eigenvalue weighted by Gasteiger charge is 2.32. The molecule has 0 fully saturated rings. The second-order valence-corrected chi connectivity index (χ2v) is 13.8. The SMILES string of the molecule is CC(C)(C)C1=N[C@@H](c2ccccc2P2Cc3ccc4ccccc4c3-c3c(ccc4ccccc34)C2)CO1. The fourth-order valence-corrected chi connectivity index (χ4v) is 8.81. The lowest BCUT2D eigenvalue weighted by Crippen LogP contribution is -2.20. The van der Waals surface area contributed by atoms with Gasteiger partial charge < -0.3 is 4.74 Å². The first-order valence-corrected chi connectivity index (χ1v) is 15.3. The Morgan fingerprint density at radius 1 is 0.684 bits per heavy atom. The molecule has 0 N–H and O–H groups in total. The molecule has 2 aliphatic rings. The normalized spacial score (nSPS) is 17.6. The first kappa shape index (κ1) is 23.6. The third-order valence-electron chi connectivity index (χ3n) is 7.93. The molecule has 0 amide bonds. The van der Waals surface area contributed by atoms with Crippen molar-refractivity contribution in [2.45, 2.75) is 39.1 Å². The Balaban J connectivity index is 1.43.